The van der Waals surface area contributed by atoms with E-state index in [9.17, 15) is 0 Å². The molecule has 0 aromatic rings. The van der Waals surface area contributed by atoms with E-state index in [1.54, 1.807) is 23.3 Å². The van der Waals surface area contributed by atoms with Crippen LogP contribution in [-0.4, -0.2) is 15.4 Å². The minimum atomic E-state index is -0.0381. The van der Waals surface area contributed by atoms with Gasteiger partial charge in [-0.2, -0.15) is 0 Å². The predicted octanol–water partition coefficient (Wildman–Crippen LogP) is 4.15. The standard InChI is InChI=1S/C12H28Ge/c1-3-5-7-9-11-13-12-10-8-6-4-2/h3-13H2,1-2H3. The molecule has 0 aromatic heterocycles. The minimum absolute atomic E-state index is 0.0381. The average molecular weight is 245 g/mol. The Balaban J connectivity index is 2.76. The first-order chi connectivity index (χ1) is 6.41. The summed E-state index contributed by atoms with van der Waals surface area (Å²) < 4.78 is 0. The molecule has 0 N–H and O–H groups in total. The van der Waals surface area contributed by atoms with Crippen LogP contribution in [0.2, 0.25) is 10.5 Å². The van der Waals surface area contributed by atoms with Gasteiger partial charge >= 0.3 is 91.2 Å². The second-order valence-corrected chi connectivity index (χ2v) is 8.63. The van der Waals surface area contributed by atoms with Gasteiger partial charge < -0.3 is 0 Å². The van der Waals surface area contributed by atoms with E-state index in [1.807, 2.05) is 0 Å². The molecule has 0 fully saturated rings. The monoisotopic (exact) mass is 246 g/mol. The van der Waals surface area contributed by atoms with E-state index in [2.05, 4.69) is 13.8 Å². The maximum absolute atomic E-state index is 2.30. The van der Waals surface area contributed by atoms with Crippen LogP contribution in [0.5, 0.6) is 0 Å². The molecule has 0 saturated heterocycles. The molecule has 80 valence electrons. The van der Waals surface area contributed by atoms with Crippen molar-refractivity contribution in [3.8, 4) is 0 Å². The second kappa shape index (κ2) is 12.5. The summed E-state index contributed by atoms with van der Waals surface area (Å²) in [5, 5.41) is 3.33. The van der Waals surface area contributed by atoms with Gasteiger partial charge in [0, 0.05) is 0 Å². The Labute approximate surface area is 91.4 Å². The fourth-order valence-electron chi connectivity index (χ4n) is 1.74. The fourth-order valence-corrected chi connectivity index (χ4v) is 5.45. The van der Waals surface area contributed by atoms with E-state index >= 15 is 0 Å². The van der Waals surface area contributed by atoms with Gasteiger partial charge in [-0.3, -0.25) is 0 Å². The molecule has 0 unspecified atom stereocenters. The molecule has 0 amide bonds. The van der Waals surface area contributed by atoms with Gasteiger partial charge in [-0.05, 0) is 0 Å². The third kappa shape index (κ3) is 12.5. The maximum atomic E-state index is 2.30. The molecule has 0 atom stereocenters. The van der Waals surface area contributed by atoms with Gasteiger partial charge in [0.15, 0.2) is 0 Å². The summed E-state index contributed by atoms with van der Waals surface area (Å²) in [5.74, 6) is 0. The molecule has 0 aliphatic carbocycles. The van der Waals surface area contributed by atoms with Crippen molar-refractivity contribution in [2.24, 2.45) is 0 Å². The quantitative estimate of drug-likeness (QED) is 0.400. The molecule has 1 heteroatoms. The molecular formula is C12H28Ge. The summed E-state index contributed by atoms with van der Waals surface area (Å²) in [6.07, 6.45) is 11.9. The number of hydrogen-bond donors (Lipinski definition) is 0. The van der Waals surface area contributed by atoms with Crippen LogP contribution in [0.15, 0.2) is 0 Å². The zero-order valence-electron chi connectivity index (χ0n) is 9.78. The van der Waals surface area contributed by atoms with E-state index in [4.69, 9.17) is 0 Å². The first-order valence-corrected chi connectivity index (χ1v) is 10.6. The molecule has 0 spiro atoms. The Bertz CT molecular complexity index is 71.2. The van der Waals surface area contributed by atoms with E-state index in [0.29, 0.717) is 0 Å². The molecule has 0 aliphatic heterocycles. The zero-order chi connectivity index (χ0) is 9.78. The molecule has 0 heterocycles. The molecule has 0 radical (unpaired) electrons. The SMILES string of the molecule is CCCCC[CH2][GeH2][CH2]CCCCC. The number of unbranched alkanes of at least 4 members (excludes halogenated alkanes) is 6. The van der Waals surface area contributed by atoms with Gasteiger partial charge in [0.05, 0.1) is 0 Å². The fraction of sp³-hybridized carbons (Fsp3) is 1.00. The predicted molar refractivity (Wildman–Crippen MR) is 66.4 cm³/mol. The third-order valence-corrected chi connectivity index (χ3v) is 6.90. The Kier molecular flexibility index (Phi) is 13.1. The summed E-state index contributed by atoms with van der Waals surface area (Å²) in [4.78, 5) is 0. The van der Waals surface area contributed by atoms with Gasteiger partial charge in [-0.25, -0.2) is 0 Å². The van der Waals surface area contributed by atoms with Crippen LogP contribution in [-0.2, 0) is 0 Å². The van der Waals surface area contributed by atoms with E-state index < -0.39 is 0 Å². The second-order valence-electron chi connectivity index (χ2n) is 4.18. The van der Waals surface area contributed by atoms with Crippen molar-refractivity contribution >= 4 is 15.4 Å². The van der Waals surface area contributed by atoms with Gasteiger partial charge in [-0.1, -0.05) is 0 Å². The van der Waals surface area contributed by atoms with E-state index in [0.717, 1.165) is 0 Å². The molecule has 0 nitrogen and oxygen atoms in total. The molecule has 13 heavy (non-hydrogen) atoms. The first kappa shape index (κ1) is 13.5. The normalized spacial score (nSPS) is 10.6. The van der Waals surface area contributed by atoms with Gasteiger partial charge in [0.25, 0.3) is 0 Å². The third-order valence-electron chi connectivity index (χ3n) is 2.71. The van der Waals surface area contributed by atoms with Crippen LogP contribution < -0.4 is 0 Å². The van der Waals surface area contributed by atoms with Gasteiger partial charge in [0.1, 0.15) is 0 Å². The summed E-state index contributed by atoms with van der Waals surface area (Å²) in [6.45, 7) is 4.60. The van der Waals surface area contributed by atoms with Gasteiger partial charge in [-0.15, -0.1) is 0 Å². The summed E-state index contributed by atoms with van der Waals surface area (Å²) in [7, 11) is 0. The Hall–Kier alpha value is 0.543. The van der Waals surface area contributed by atoms with Crippen molar-refractivity contribution in [3.63, 3.8) is 0 Å². The molecular weight excluding hydrogens is 217 g/mol. The molecule has 0 aliphatic rings. The number of hydrogen-bond acceptors (Lipinski definition) is 0. The Morgan fingerprint density at radius 2 is 1.08 bits per heavy atom. The van der Waals surface area contributed by atoms with Crippen molar-refractivity contribution in [1.82, 2.24) is 0 Å². The van der Waals surface area contributed by atoms with E-state index in [1.165, 1.54) is 38.5 Å². The molecule has 0 aromatic carbocycles. The number of rotatable bonds is 10. The van der Waals surface area contributed by atoms with E-state index in [-0.39, 0.29) is 15.4 Å². The van der Waals surface area contributed by atoms with Crippen molar-refractivity contribution in [2.45, 2.75) is 75.7 Å². The van der Waals surface area contributed by atoms with Crippen LogP contribution >= 0.6 is 0 Å². The van der Waals surface area contributed by atoms with Crippen molar-refractivity contribution in [2.75, 3.05) is 0 Å². The summed E-state index contributed by atoms with van der Waals surface area (Å²) in [5.41, 5.74) is 0. The first-order valence-electron chi connectivity index (χ1n) is 6.41. The summed E-state index contributed by atoms with van der Waals surface area (Å²) in [6, 6.07) is 0. The molecule has 0 rings (SSSR count). The van der Waals surface area contributed by atoms with Crippen LogP contribution in [0.1, 0.15) is 65.2 Å². The molecule has 0 saturated carbocycles. The topological polar surface area (TPSA) is 0 Å². The Morgan fingerprint density at radius 3 is 1.46 bits per heavy atom. The zero-order valence-corrected chi connectivity index (χ0v) is 12.7. The van der Waals surface area contributed by atoms with Crippen molar-refractivity contribution in [1.29, 1.82) is 0 Å². The average Bonchev–Trinajstić information content (AvgIpc) is 2.16. The van der Waals surface area contributed by atoms with Crippen LogP contribution in [0.3, 0.4) is 0 Å². The van der Waals surface area contributed by atoms with Gasteiger partial charge in [0.2, 0.25) is 0 Å². The van der Waals surface area contributed by atoms with Crippen molar-refractivity contribution in [3.05, 3.63) is 0 Å². The van der Waals surface area contributed by atoms with Crippen LogP contribution in [0.25, 0.3) is 0 Å². The van der Waals surface area contributed by atoms with Crippen LogP contribution in [0.4, 0.5) is 0 Å². The van der Waals surface area contributed by atoms with Crippen molar-refractivity contribution < 1.29 is 0 Å². The Morgan fingerprint density at radius 1 is 0.615 bits per heavy atom. The van der Waals surface area contributed by atoms with Crippen LogP contribution in [0, 0.1) is 0 Å². The molecule has 0 bridgehead atoms. The summed E-state index contributed by atoms with van der Waals surface area (Å²) >= 11 is -0.0381.